The number of methoxy groups -OCH3 is 2. The summed E-state index contributed by atoms with van der Waals surface area (Å²) < 4.78 is 43.9. The lowest BCUT2D eigenvalue weighted by Crippen LogP contribution is -2.16. The van der Waals surface area contributed by atoms with E-state index in [1.54, 1.807) is 42.5 Å². The second kappa shape index (κ2) is 10.1. The second-order valence-electron chi connectivity index (χ2n) is 6.61. The first kappa shape index (κ1) is 23.0. The molecule has 2 N–H and O–H groups in total. The number of rotatable bonds is 9. The first-order valence-electron chi connectivity index (χ1n) is 9.75. The Morgan fingerprint density at radius 2 is 1.56 bits per heavy atom. The molecule has 0 aliphatic carbocycles. The molecular weight excluding hydrogens is 432 g/mol. The van der Waals surface area contributed by atoms with Gasteiger partial charge in [-0.3, -0.25) is 9.52 Å². The lowest BCUT2D eigenvalue weighted by atomic mass is 10.2. The van der Waals surface area contributed by atoms with Crippen LogP contribution >= 0.6 is 0 Å². The molecule has 3 aromatic rings. The number of carbonyl (C=O) groups is 1. The quantitative estimate of drug-likeness (QED) is 0.501. The van der Waals surface area contributed by atoms with Crippen LogP contribution in [0.2, 0.25) is 0 Å². The van der Waals surface area contributed by atoms with Crippen molar-refractivity contribution in [2.75, 3.05) is 30.9 Å². The van der Waals surface area contributed by atoms with Crippen LogP contribution in [-0.4, -0.2) is 35.2 Å². The van der Waals surface area contributed by atoms with E-state index in [1.165, 1.54) is 38.5 Å². The SMILES string of the molecule is CCOc1ccc(NS(=O)(=O)c2cccc(C(=O)Nc3ccc(OC)c(OC)c3)c2)cc1. The molecule has 0 unspecified atom stereocenters. The van der Waals surface area contributed by atoms with Gasteiger partial charge in [-0.15, -0.1) is 0 Å². The van der Waals surface area contributed by atoms with E-state index >= 15 is 0 Å². The molecule has 0 bridgehead atoms. The number of sulfonamides is 1. The number of ether oxygens (including phenoxy) is 3. The van der Waals surface area contributed by atoms with Crippen LogP contribution in [-0.2, 0) is 10.0 Å². The maximum Gasteiger partial charge on any atom is 0.261 e. The maximum atomic E-state index is 12.8. The third kappa shape index (κ3) is 5.50. The van der Waals surface area contributed by atoms with Gasteiger partial charge in [0.05, 0.1) is 25.7 Å². The predicted molar refractivity (Wildman–Crippen MR) is 122 cm³/mol. The highest BCUT2D eigenvalue weighted by Crippen LogP contribution is 2.30. The molecule has 0 saturated carbocycles. The molecule has 0 fully saturated rings. The molecule has 0 aromatic heterocycles. The predicted octanol–water partition coefficient (Wildman–Crippen LogP) is 4.16. The largest absolute Gasteiger partial charge is 0.494 e. The highest BCUT2D eigenvalue weighted by molar-refractivity contribution is 7.92. The van der Waals surface area contributed by atoms with Crippen molar-refractivity contribution in [1.82, 2.24) is 0 Å². The van der Waals surface area contributed by atoms with Crippen molar-refractivity contribution in [1.29, 1.82) is 0 Å². The molecule has 0 spiro atoms. The number of hydrogen-bond donors (Lipinski definition) is 2. The van der Waals surface area contributed by atoms with E-state index in [9.17, 15) is 13.2 Å². The smallest absolute Gasteiger partial charge is 0.261 e. The Hall–Kier alpha value is -3.72. The zero-order chi connectivity index (χ0) is 23.1. The Morgan fingerprint density at radius 1 is 0.875 bits per heavy atom. The number of carbonyl (C=O) groups excluding carboxylic acids is 1. The monoisotopic (exact) mass is 456 g/mol. The standard InChI is InChI=1S/C23H24N2O6S/c1-4-31-19-11-8-17(9-12-19)25-32(27,28)20-7-5-6-16(14-20)23(26)24-18-10-13-21(29-2)22(15-18)30-3/h5-15,25H,4H2,1-3H3,(H,24,26). The molecule has 32 heavy (non-hydrogen) atoms. The summed E-state index contributed by atoms with van der Waals surface area (Å²) in [6.45, 7) is 2.38. The van der Waals surface area contributed by atoms with Crippen LogP contribution in [0.15, 0.2) is 71.6 Å². The molecule has 0 radical (unpaired) electrons. The fourth-order valence-electron chi connectivity index (χ4n) is 2.92. The van der Waals surface area contributed by atoms with Gasteiger partial charge in [0.25, 0.3) is 15.9 Å². The minimum absolute atomic E-state index is 0.0358. The minimum atomic E-state index is -3.89. The first-order chi connectivity index (χ1) is 15.4. The molecule has 3 aromatic carbocycles. The first-order valence-corrected chi connectivity index (χ1v) is 11.2. The Balaban J connectivity index is 1.77. The van der Waals surface area contributed by atoms with E-state index in [2.05, 4.69) is 10.0 Å². The summed E-state index contributed by atoms with van der Waals surface area (Å²) in [5.74, 6) is 1.17. The fourth-order valence-corrected chi connectivity index (χ4v) is 4.03. The number of anilines is 2. The normalized spacial score (nSPS) is 10.8. The van der Waals surface area contributed by atoms with E-state index in [-0.39, 0.29) is 10.5 Å². The summed E-state index contributed by atoms with van der Waals surface area (Å²) in [7, 11) is -0.882. The number of nitrogens with one attached hydrogen (secondary N) is 2. The number of amides is 1. The zero-order valence-corrected chi connectivity index (χ0v) is 18.7. The van der Waals surface area contributed by atoms with Crippen molar-refractivity contribution in [3.8, 4) is 17.2 Å². The summed E-state index contributed by atoms with van der Waals surface area (Å²) in [5.41, 5.74) is 1.05. The Labute approximate surface area is 187 Å². The topological polar surface area (TPSA) is 103 Å². The van der Waals surface area contributed by atoms with Crippen molar-refractivity contribution in [2.24, 2.45) is 0 Å². The van der Waals surface area contributed by atoms with Gasteiger partial charge in [0.1, 0.15) is 5.75 Å². The van der Waals surface area contributed by atoms with Crippen LogP contribution in [0.5, 0.6) is 17.2 Å². The summed E-state index contributed by atoms with van der Waals surface area (Å²) in [4.78, 5) is 12.7. The Morgan fingerprint density at radius 3 is 2.22 bits per heavy atom. The second-order valence-corrected chi connectivity index (χ2v) is 8.30. The summed E-state index contributed by atoms with van der Waals surface area (Å²) >= 11 is 0. The van der Waals surface area contributed by atoms with Crippen molar-refractivity contribution in [3.63, 3.8) is 0 Å². The van der Waals surface area contributed by atoms with Gasteiger partial charge in [0.15, 0.2) is 11.5 Å². The van der Waals surface area contributed by atoms with Crippen LogP contribution in [0.3, 0.4) is 0 Å². The van der Waals surface area contributed by atoms with Gasteiger partial charge in [-0.2, -0.15) is 0 Å². The molecule has 8 nitrogen and oxygen atoms in total. The van der Waals surface area contributed by atoms with Crippen LogP contribution in [0.1, 0.15) is 17.3 Å². The van der Waals surface area contributed by atoms with E-state index < -0.39 is 15.9 Å². The molecule has 0 aliphatic rings. The Bertz CT molecular complexity index is 1190. The molecule has 1 amide bonds. The van der Waals surface area contributed by atoms with Crippen molar-refractivity contribution < 1.29 is 27.4 Å². The average molecular weight is 457 g/mol. The number of hydrogen-bond acceptors (Lipinski definition) is 6. The third-order valence-corrected chi connectivity index (χ3v) is 5.84. The molecule has 0 aliphatic heterocycles. The molecule has 0 saturated heterocycles. The van der Waals surface area contributed by atoms with Gasteiger partial charge in [-0.25, -0.2) is 8.42 Å². The average Bonchev–Trinajstić information content (AvgIpc) is 2.80. The summed E-state index contributed by atoms with van der Waals surface area (Å²) in [6, 6.07) is 17.3. The maximum absolute atomic E-state index is 12.8. The molecule has 9 heteroatoms. The number of benzene rings is 3. The van der Waals surface area contributed by atoms with E-state index in [1.807, 2.05) is 6.92 Å². The fraction of sp³-hybridized carbons (Fsp3) is 0.174. The molecule has 3 rings (SSSR count). The molecular formula is C23H24N2O6S. The molecule has 0 heterocycles. The van der Waals surface area contributed by atoms with Gasteiger partial charge >= 0.3 is 0 Å². The summed E-state index contributed by atoms with van der Waals surface area (Å²) in [6.07, 6.45) is 0. The lowest BCUT2D eigenvalue weighted by molar-refractivity contribution is 0.102. The van der Waals surface area contributed by atoms with E-state index in [0.717, 1.165) is 0 Å². The van der Waals surface area contributed by atoms with Gasteiger partial charge in [-0.1, -0.05) is 6.07 Å². The van der Waals surface area contributed by atoms with E-state index in [4.69, 9.17) is 14.2 Å². The van der Waals surface area contributed by atoms with E-state index in [0.29, 0.717) is 35.2 Å². The Kier molecular flexibility index (Phi) is 7.21. The van der Waals surface area contributed by atoms with Crippen molar-refractivity contribution >= 4 is 27.3 Å². The highest BCUT2D eigenvalue weighted by atomic mass is 32.2. The van der Waals surface area contributed by atoms with Crippen LogP contribution < -0.4 is 24.2 Å². The van der Waals surface area contributed by atoms with Gasteiger partial charge in [-0.05, 0) is 61.5 Å². The van der Waals surface area contributed by atoms with Crippen molar-refractivity contribution in [3.05, 3.63) is 72.3 Å². The zero-order valence-electron chi connectivity index (χ0n) is 17.9. The molecule has 0 atom stereocenters. The van der Waals surface area contributed by atoms with Crippen molar-refractivity contribution in [2.45, 2.75) is 11.8 Å². The minimum Gasteiger partial charge on any atom is -0.494 e. The third-order valence-electron chi connectivity index (χ3n) is 4.47. The van der Waals surface area contributed by atoms with Crippen LogP contribution in [0.4, 0.5) is 11.4 Å². The van der Waals surface area contributed by atoms with Gasteiger partial charge in [0.2, 0.25) is 0 Å². The van der Waals surface area contributed by atoms with Crippen LogP contribution in [0.25, 0.3) is 0 Å². The molecule has 168 valence electrons. The van der Waals surface area contributed by atoms with Crippen LogP contribution in [0, 0.1) is 0 Å². The highest BCUT2D eigenvalue weighted by Gasteiger charge is 2.17. The summed E-state index contributed by atoms with van der Waals surface area (Å²) in [5, 5.41) is 2.73. The van der Waals surface area contributed by atoms with Gasteiger partial charge < -0.3 is 19.5 Å². The van der Waals surface area contributed by atoms with Gasteiger partial charge in [0, 0.05) is 23.0 Å². The lowest BCUT2D eigenvalue weighted by Gasteiger charge is -2.12.